The van der Waals surface area contributed by atoms with E-state index in [2.05, 4.69) is 161 Å². The summed E-state index contributed by atoms with van der Waals surface area (Å²) < 4.78 is 5.10. The molecule has 4 aliphatic rings. The first-order valence-electron chi connectivity index (χ1n) is 19.5. The summed E-state index contributed by atoms with van der Waals surface area (Å²) in [4.78, 5) is 2.51. The van der Waals surface area contributed by atoms with Crippen molar-refractivity contribution < 1.29 is 0 Å². The van der Waals surface area contributed by atoms with E-state index in [-0.39, 0.29) is 0 Å². The Kier molecular flexibility index (Phi) is 5.59. The van der Waals surface area contributed by atoms with Crippen LogP contribution in [0.2, 0.25) is 0 Å². The van der Waals surface area contributed by atoms with Gasteiger partial charge in [-0.25, -0.2) is 0 Å². The maximum Gasteiger partial charge on any atom is 0.0547 e. The van der Waals surface area contributed by atoms with Gasteiger partial charge in [-0.2, -0.15) is 0 Å². The smallest absolute Gasteiger partial charge is 0.0547 e. The van der Waals surface area contributed by atoms with Crippen molar-refractivity contribution in [1.82, 2.24) is 4.57 Å². The zero-order chi connectivity index (χ0) is 34.5. The van der Waals surface area contributed by atoms with Gasteiger partial charge in [-0.05, 0) is 144 Å². The molecule has 3 heteroatoms. The zero-order valence-electron chi connectivity index (χ0n) is 29.5. The molecule has 53 heavy (non-hydrogen) atoms. The second-order valence-electron chi connectivity index (χ2n) is 16.6. The summed E-state index contributed by atoms with van der Waals surface area (Å²) in [5, 5.41) is 7.80. The van der Waals surface area contributed by atoms with Crippen LogP contribution in [0, 0.1) is 23.2 Å². The highest BCUT2D eigenvalue weighted by molar-refractivity contribution is 7.25. The lowest BCUT2D eigenvalue weighted by Crippen LogP contribution is -2.69. The van der Waals surface area contributed by atoms with E-state index in [0.29, 0.717) is 10.8 Å². The van der Waals surface area contributed by atoms with Gasteiger partial charge in [0, 0.05) is 59.1 Å². The van der Waals surface area contributed by atoms with E-state index in [4.69, 9.17) is 0 Å². The number of benzene rings is 7. The van der Waals surface area contributed by atoms with Gasteiger partial charge in [-0.3, -0.25) is 0 Å². The van der Waals surface area contributed by atoms with E-state index >= 15 is 0 Å². The Bertz CT molecular complexity index is 2970. The minimum absolute atomic E-state index is 0.437. The van der Waals surface area contributed by atoms with Crippen LogP contribution < -0.4 is 4.90 Å². The number of aromatic nitrogens is 1. The van der Waals surface area contributed by atoms with E-state index < -0.39 is 0 Å². The van der Waals surface area contributed by atoms with Crippen LogP contribution in [0.4, 0.5) is 17.1 Å². The molecule has 4 fully saturated rings. The highest BCUT2D eigenvalue weighted by Crippen LogP contribution is 2.87. The minimum atomic E-state index is 0.437. The normalized spacial score (nSPS) is 25.3. The van der Waals surface area contributed by atoms with Crippen LogP contribution in [0.15, 0.2) is 152 Å². The summed E-state index contributed by atoms with van der Waals surface area (Å²) in [6, 6.07) is 57.3. The minimum Gasteiger partial charge on any atom is -0.310 e. The maximum absolute atomic E-state index is 2.51. The molecule has 2 aromatic heterocycles. The molecule has 13 rings (SSSR count). The van der Waals surface area contributed by atoms with Gasteiger partial charge >= 0.3 is 0 Å². The van der Waals surface area contributed by atoms with Gasteiger partial charge < -0.3 is 9.47 Å². The Labute approximate surface area is 312 Å². The molecule has 0 amide bonds. The fourth-order valence-electron chi connectivity index (χ4n) is 12.7. The van der Waals surface area contributed by atoms with Crippen molar-refractivity contribution in [2.24, 2.45) is 23.2 Å². The number of thiophene rings is 1. The zero-order valence-corrected chi connectivity index (χ0v) is 30.3. The van der Waals surface area contributed by atoms with Gasteiger partial charge in [0.05, 0.1) is 11.0 Å². The fourth-order valence-corrected chi connectivity index (χ4v) is 13.8. The van der Waals surface area contributed by atoms with Crippen molar-refractivity contribution in [3.8, 4) is 5.69 Å². The largest absolute Gasteiger partial charge is 0.310 e. The van der Waals surface area contributed by atoms with Crippen molar-refractivity contribution in [3.05, 3.63) is 157 Å². The molecule has 5 unspecified atom stereocenters. The Morgan fingerprint density at radius 2 is 1.30 bits per heavy atom. The molecule has 0 radical (unpaired) electrons. The summed E-state index contributed by atoms with van der Waals surface area (Å²) in [5.74, 6) is 3.02. The Balaban J connectivity index is 1.01. The van der Waals surface area contributed by atoms with Gasteiger partial charge in [0.1, 0.15) is 0 Å². The highest BCUT2D eigenvalue weighted by Gasteiger charge is 2.82. The van der Waals surface area contributed by atoms with Gasteiger partial charge in [0.25, 0.3) is 0 Å². The van der Waals surface area contributed by atoms with E-state index in [1.54, 1.807) is 5.56 Å². The molecule has 9 aromatic rings. The van der Waals surface area contributed by atoms with Gasteiger partial charge in [0.15, 0.2) is 0 Å². The Morgan fingerprint density at radius 1 is 0.585 bits per heavy atom. The second-order valence-corrected chi connectivity index (χ2v) is 17.7. The summed E-state index contributed by atoms with van der Waals surface area (Å²) >= 11 is 1.89. The van der Waals surface area contributed by atoms with Gasteiger partial charge in [-0.1, -0.05) is 78.9 Å². The van der Waals surface area contributed by atoms with Crippen molar-refractivity contribution in [2.75, 3.05) is 4.90 Å². The van der Waals surface area contributed by atoms with E-state index in [9.17, 15) is 0 Å². The van der Waals surface area contributed by atoms with Crippen LogP contribution in [0.25, 0.3) is 58.4 Å². The lowest BCUT2D eigenvalue weighted by Gasteiger charge is -2.73. The molecule has 0 saturated heterocycles. The number of fused-ring (bicyclic) bond motifs is 8. The van der Waals surface area contributed by atoms with E-state index in [1.165, 1.54) is 108 Å². The summed E-state index contributed by atoms with van der Waals surface area (Å²) in [5.41, 5.74) is 9.94. The monoisotopic (exact) mass is 698 g/mol. The lowest BCUT2D eigenvalue weighted by molar-refractivity contribution is -0.181. The molecule has 2 nitrogen and oxygen atoms in total. The van der Waals surface area contributed by atoms with Crippen LogP contribution in [-0.2, 0) is 5.41 Å². The van der Waals surface area contributed by atoms with Crippen LogP contribution in [0.5, 0.6) is 0 Å². The van der Waals surface area contributed by atoms with Crippen molar-refractivity contribution >= 4 is 81.1 Å². The molecule has 2 bridgehead atoms. The maximum atomic E-state index is 2.51. The third-order valence-corrected chi connectivity index (χ3v) is 15.9. The molecule has 4 saturated carbocycles. The summed E-state index contributed by atoms with van der Waals surface area (Å²) in [7, 11) is 0. The summed E-state index contributed by atoms with van der Waals surface area (Å²) in [6.45, 7) is 0. The number of hydrogen-bond acceptors (Lipinski definition) is 2. The van der Waals surface area contributed by atoms with E-state index in [0.717, 1.165) is 17.8 Å². The third kappa shape index (κ3) is 3.60. The van der Waals surface area contributed by atoms with Crippen molar-refractivity contribution in [1.29, 1.82) is 0 Å². The average molecular weight is 699 g/mol. The SMILES string of the molecule is c1ccc(-n2c3ccccc3c3c4cc(N(c5ccc(C67CC8CC9CCC86C9C7)cc5)c5ccc6sc7ccccc7c6c5)ccc4ccc32)cc1. The molecular weight excluding hydrogens is 661 g/mol. The molecular formula is C50H38N2S. The van der Waals surface area contributed by atoms with Gasteiger partial charge in [0.2, 0.25) is 0 Å². The highest BCUT2D eigenvalue weighted by atomic mass is 32.1. The van der Waals surface area contributed by atoms with Gasteiger partial charge in [-0.15, -0.1) is 11.3 Å². The van der Waals surface area contributed by atoms with Crippen LogP contribution in [0.3, 0.4) is 0 Å². The molecule has 7 aromatic carbocycles. The van der Waals surface area contributed by atoms with Crippen LogP contribution in [0.1, 0.15) is 37.7 Å². The molecule has 2 heterocycles. The number of anilines is 3. The quantitative estimate of drug-likeness (QED) is 0.174. The summed E-state index contributed by atoms with van der Waals surface area (Å²) in [6.07, 6.45) is 7.31. The molecule has 5 atom stereocenters. The first-order valence-corrected chi connectivity index (χ1v) is 20.4. The lowest BCUT2D eigenvalue weighted by atomic mass is 9.31. The fraction of sp³-hybridized carbons (Fsp3) is 0.200. The number of nitrogens with zero attached hydrogens (tertiary/aromatic N) is 2. The van der Waals surface area contributed by atoms with Crippen LogP contribution >= 0.6 is 11.3 Å². The molecule has 254 valence electrons. The Hall–Kier alpha value is -5.38. The predicted octanol–water partition coefficient (Wildman–Crippen LogP) is 13.9. The van der Waals surface area contributed by atoms with E-state index in [1.807, 2.05) is 11.3 Å². The molecule has 0 aliphatic heterocycles. The Morgan fingerprint density at radius 3 is 2.15 bits per heavy atom. The molecule has 4 aliphatic carbocycles. The van der Waals surface area contributed by atoms with Crippen molar-refractivity contribution in [3.63, 3.8) is 0 Å². The second kappa shape index (κ2) is 10.2. The number of rotatable bonds is 5. The molecule has 0 N–H and O–H groups in total. The third-order valence-electron chi connectivity index (χ3n) is 14.7. The molecule has 1 spiro atoms. The number of hydrogen-bond donors (Lipinski definition) is 0. The predicted molar refractivity (Wildman–Crippen MR) is 224 cm³/mol. The first kappa shape index (κ1) is 29.1. The van der Waals surface area contributed by atoms with Crippen molar-refractivity contribution in [2.45, 2.75) is 37.5 Å². The van der Waals surface area contributed by atoms with Crippen LogP contribution in [-0.4, -0.2) is 4.57 Å². The first-order chi connectivity index (χ1) is 26.2. The standard InChI is InChI=1S/C50H38N2S/c1-2-8-35(9-3-1)52-44-12-6-4-11-40(44)48-41-27-37(18-14-31(41)15-22-45(48)52)51(38-21-23-47-42(28-38)39-10-5-7-13-46(39)53-47)36-19-16-33(17-20-36)49-29-34-26-32-24-25-50(34,49)43(32)30-49/h1-23,27-28,32,34,43H,24-26,29-30H2. The number of para-hydroxylation sites is 2. The average Bonchev–Trinajstić information content (AvgIpc) is 3.87. The topological polar surface area (TPSA) is 8.17 Å².